The molecule has 2 aromatic rings. The zero-order chi connectivity index (χ0) is 13.7. The van der Waals surface area contributed by atoms with Crippen LogP contribution in [0.2, 0.25) is 0 Å². The molecule has 5 nitrogen and oxygen atoms in total. The summed E-state index contributed by atoms with van der Waals surface area (Å²) in [6.45, 7) is 2.07. The molecule has 0 aliphatic carbocycles. The molecule has 0 bridgehead atoms. The molecule has 0 saturated carbocycles. The average molecular weight is 263 g/mol. The van der Waals surface area contributed by atoms with E-state index >= 15 is 0 Å². The standard InChI is InChI=1S/C13H14FN3O2/c1-2-5-11(18)15-8-12-16-17-13(19-12)9-6-3-4-7-10(9)14/h3-4,6-7H,2,5,8H2,1H3,(H,15,18). The van der Waals surface area contributed by atoms with Crippen LogP contribution < -0.4 is 5.32 Å². The minimum absolute atomic E-state index is 0.0758. The van der Waals surface area contributed by atoms with Gasteiger partial charge in [-0.2, -0.15) is 0 Å². The molecule has 1 amide bonds. The number of nitrogens with one attached hydrogen (secondary N) is 1. The molecule has 0 spiro atoms. The second kappa shape index (κ2) is 6.08. The molecular weight excluding hydrogens is 249 g/mol. The number of hydrogen-bond acceptors (Lipinski definition) is 4. The highest BCUT2D eigenvalue weighted by atomic mass is 19.1. The van der Waals surface area contributed by atoms with E-state index in [9.17, 15) is 9.18 Å². The first-order chi connectivity index (χ1) is 9.20. The van der Waals surface area contributed by atoms with E-state index in [0.29, 0.717) is 6.42 Å². The van der Waals surface area contributed by atoms with Gasteiger partial charge in [0, 0.05) is 6.42 Å². The third-order valence-corrected chi connectivity index (χ3v) is 2.48. The van der Waals surface area contributed by atoms with E-state index in [0.717, 1.165) is 6.42 Å². The highest BCUT2D eigenvalue weighted by molar-refractivity contribution is 5.75. The molecular formula is C13H14FN3O2. The van der Waals surface area contributed by atoms with Gasteiger partial charge in [-0.25, -0.2) is 4.39 Å². The van der Waals surface area contributed by atoms with Crippen molar-refractivity contribution in [3.05, 3.63) is 36.0 Å². The number of halogens is 1. The Bertz CT molecular complexity index is 569. The van der Waals surface area contributed by atoms with E-state index in [1.807, 2.05) is 6.92 Å². The van der Waals surface area contributed by atoms with Crippen molar-refractivity contribution in [2.24, 2.45) is 0 Å². The van der Waals surface area contributed by atoms with Crippen LogP contribution in [0.4, 0.5) is 4.39 Å². The maximum absolute atomic E-state index is 13.5. The van der Waals surface area contributed by atoms with Gasteiger partial charge in [-0.05, 0) is 18.6 Å². The number of rotatable bonds is 5. The highest BCUT2D eigenvalue weighted by Crippen LogP contribution is 2.20. The summed E-state index contributed by atoms with van der Waals surface area (Å²) >= 11 is 0. The Kier molecular flexibility index (Phi) is 4.22. The molecule has 100 valence electrons. The van der Waals surface area contributed by atoms with Crippen molar-refractivity contribution in [1.29, 1.82) is 0 Å². The van der Waals surface area contributed by atoms with Gasteiger partial charge in [-0.3, -0.25) is 4.79 Å². The van der Waals surface area contributed by atoms with Gasteiger partial charge in [-0.15, -0.1) is 10.2 Å². The van der Waals surface area contributed by atoms with Gasteiger partial charge in [0.25, 0.3) is 5.89 Å². The molecule has 0 aliphatic rings. The van der Waals surface area contributed by atoms with Gasteiger partial charge in [0.1, 0.15) is 5.82 Å². The first kappa shape index (κ1) is 13.2. The van der Waals surface area contributed by atoms with Crippen molar-refractivity contribution in [1.82, 2.24) is 15.5 Å². The Morgan fingerprint density at radius 3 is 2.89 bits per heavy atom. The lowest BCUT2D eigenvalue weighted by Gasteiger charge is -1.99. The van der Waals surface area contributed by atoms with Crippen LogP contribution in [-0.2, 0) is 11.3 Å². The van der Waals surface area contributed by atoms with E-state index in [-0.39, 0.29) is 29.8 Å². The summed E-state index contributed by atoms with van der Waals surface area (Å²) in [7, 11) is 0. The van der Waals surface area contributed by atoms with Crippen LogP contribution in [0.1, 0.15) is 25.7 Å². The Hall–Kier alpha value is -2.24. The van der Waals surface area contributed by atoms with Crippen LogP contribution in [-0.4, -0.2) is 16.1 Å². The molecule has 6 heteroatoms. The third kappa shape index (κ3) is 3.37. The van der Waals surface area contributed by atoms with Gasteiger partial charge in [0.05, 0.1) is 12.1 Å². The van der Waals surface area contributed by atoms with Crippen LogP contribution >= 0.6 is 0 Å². The van der Waals surface area contributed by atoms with Gasteiger partial charge in [-0.1, -0.05) is 19.1 Å². The average Bonchev–Trinajstić information content (AvgIpc) is 2.86. The van der Waals surface area contributed by atoms with Crippen molar-refractivity contribution >= 4 is 5.91 Å². The van der Waals surface area contributed by atoms with Gasteiger partial charge < -0.3 is 9.73 Å². The number of hydrogen-bond donors (Lipinski definition) is 1. The van der Waals surface area contributed by atoms with Crippen LogP contribution in [0.3, 0.4) is 0 Å². The molecule has 0 radical (unpaired) electrons. The van der Waals surface area contributed by atoms with Gasteiger partial charge >= 0.3 is 0 Å². The molecule has 0 atom stereocenters. The predicted octanol–water partition coefficient (Wildman–Crippen LogP) is 2.29. The van der Waals surface area contributed by atoms with Gasteiger partial charge in [0.15, 0.2) is 0 Å². The minimum atomic E-state index is -0.423. The minimum Gasteiger partial charge on any atom is -0.419 e. The van der Waals surface area contributed by atoms with Crippen LogP contribution in [0, 0.1) is 5.82 Å². The SMILES string of the molecule is CCCC(=O)NCc1nnc(-c2ccccc2F)o1. The molecule has 1 heterocycles. The largest absolute Gasteiger partial charge is 0.419 e. The maximum atomic E-state index is 13.5. The highest BCUT2D eigenvalue weighted by Gasteiger charge is 2.12. The second-order valence-corrected chi connectivity index (χ2v) is 4.01. The smallest absolute Gasteiger partial charge is 0.250 e. The van der Waals surface area contributed by atoms with Crippen LogP contribution in [0.15, 0.2) is 28.7 Å². The van der Waals surface area contributed by atoms with Crippen LogP contribution in [0.25, 0.3) is 11.5 Å². The lowest BCUT2D eigenvalue weighted by Crippen LogP contribution is -2.22. The fourth-order valence-corrected chi connectivity index (χ4v) is 1.56. The second-order valence-electron chi connectivity index (χ2n) is 4.01. The number of benzene rings is 1. The topological polar surface area (TPSA) is 68.0 Å². The predicted molar refractivity (Wildman–Crippen MR) is 66.4 cm³/mol. The fraction of sp³-hybridized carbons (Fsp3) is 0.308. The fourth-order valence-electron chi connectivity index (χ4n) is 1.56. The van der Waals surface area contributed by atoms with Crippen molar-refractivity contribution in [2.75, 3.05) is 0 Å². The summed E-state index contributed by atoms with van der Waals surface area (Å²) in [5.74, 6) is -0.138. The monoisotopic (exact) mass is 263 g/mol. The summed E-state index contributed by atoms with van der Waals surface area (Å²) in [6.07, 6.45) is 1.23. The number of aromatic nitrogens is 2. The van der Waals surface area contributed by atoms with Crippen LogP contribution in [0.5, 0.6) is 0 Å². The van der Waals surface area contributed by atoms with Gasteiger partial charge in [0.2, 0.25) is 11.8 Å². The Morgan fingerprint density at radius 2 is 2.16 bits per heavy atom. The maximum Gasteiger partial charge on any atom is 0.250 e. The summed E-state index contributed by atoms with van der Waals surface area (Å²) in [4.78, 5) is 11.3. The van der Waals surface area contributed by atoms with E-state index in [4.69, 9.17) is 4.42 Å². The summed E-state index contributed by atoms with van der Waals surface area (Å²) in [5, 5.41) is 10.2. The molecule has 0 fully saturated rings. The molecule has 0 aliphatic heterocycles. The Labute approximate surface area is 109 Å². The zero-order valence-electron chi connectivity index (χ0n) is 10.5. The van der Waals surface area contributed by atoms with E-state index in [1.54, 1.807) is 18.2 Å². The van der Waals surface area contributed by atoms with Crippen molar-refractivity contribution in [2.45, 2.75) is 26.3 Å². The lowest BCUT2D eigenvalue weighted by molar-refractivity contribution is -0.121. The molecule has 0 saturated heterocycles. The lowest BCUT2D eigenvalue weighted by atomic mass is 10.2. The number of amides is 1. The number of carbonyl (C=O) groups is 1. The molecule has 1 N–H and O–H groups in total. The molecule has 1 aromatic carbocycles. The van der Waals surface area contributed by atoms with E-state index in [1.165, 1.54) is 6.07 Å². The Morgan fingerprint density at radius 1 is 1.37 bits per heavy atom. The zero-order valence-corrected chi connectivity index (χ0v) is 10.5. The molecule has 19 heavy (non-hydrogen) atoms. The van der Waals surface area contributed by atoms with E-state index in [2.05, 4.69) is 15.5 Å². The first-order valence-corrected chi connectivity index (χ1v) is 6.04. The van der Waals surface area contributed by atoms with E-state index < -0.39 is 5.82 Å². The Balaban J connectivity index is 2.04. The van der Waals surface area contributed by atoms with Crippen molar-refractivity contribution in [3.63, 3.8) is 0 Å². The number of nitrogens with zero attached hydrogens (tertiary/aromatic N) is 2. The van der Waals surface area contributed by atoms with Crippen molar-refractivity contribution < 1.29 is 13.6 Å². The summed E-state index contributed by atoms with van der Waals surface area (Å²) in [6, 6.07) is 6.15. The number of carbonyl (C=O) groups excluding carboxylic acids is 1. The first-order valence-electron chi connectivity index (χ1n) is 6.04. The molecule has 2 rings (SSSR count). The van der Waals surface area contributed by atoms with Crippen molar-refractivity contribution in [3.8, 4) is 11.5 Å². The normalized spacial score (nSPS) is 10.4. The summed E-state index contributed by atoms with van der Waals surface area (Å²) in [5.41, 5.74) is 0.251. The summed E-state index contributed by atoms with van der Waals surface area (Å²) < 4.78 is 18.8. The quantitative estimate of drug-likeness (QED) is 0.898. The molecule has 1 aromatic heterocycles. The third-order valence-electron chi connectivity index (χ3n) is 2.48. The molecule has 0 unspecified atom stereocenters.